The normalized spacial score (nSPS) is 16.0. The van der Waals surface area contributed by atoms with Crippen LogP contribution in [0, 0.1) is 40.4 Å². The van der Waals surface area contributed by atoms with Crippen molar-refractivity contribution in [3.63, 3.8) is 0 Å². The SMILES string of the molecule is CCOC(=O)c1c(NC(=O)c2c(F)c(F)c(F)c(F)c2F)sc2c1CCC(C(C)(C)C)C2. The van der Waals surface area contributed by atoms with Gasteiger partial charge in [0.05, 0.1) is 12.2 Å². The van der Waals surface area contributed by atoms with Gasteiger partial charge in [0.2, 0.25) is 5.82 Å². The van der Waals surface area contributed by atoms with Crippen molar-refractivity contribution in [2.75, 3.05) is 11.9 Å². The van der Waals surface area contributed by atoms with Gasteiger partial charge in [-0.2, -0.15) is 0 Å². The molecule has 0 radical (unpaired) electrons. The van der Waals surface area contributed by atoms with Crippen molar-refractivity contribution in [1.82, 2.24) is 0 Å². The van der Waals surface area contributed by atoms with Gasteiger partial charge in [-0.3, -0.25) is 4.79 Å². The summed E-state index contributed by atoms with van der Waals surface area (Å²) in [5.41, 5.74) is -0.904. The third-order valence-electron chi connectivity index (χ3n) is 5.63. The number of halogens is 5. The lowest BCUT2D eigenvalue weighted by Crippen LogP contribution is -2.26. The summed E-state index contributed by atoms with van der Waals surface area (Å²) in [6, 6.07) is 0. The largest absolute Gasteiger partial charge is 0.462 e. The molecule has 1 N–H and O–H groups in total. The van der Waals surface area contributed by atoms with E-state index in [-0.39, 0.29) is 22.6 Å². The second kappa shape index (κ2) is 8.80. The summed E-state index contributed by atoms with van der Waals surface area (Å²) in [5, 5.41) is 2.13. The number of hydrogen-bond donors (Lipinski definition) is 1. The van der Waals surface area contributed by atoms with Crippen LogP contribution in [0.2, 0.25) is 0 Å². The van der Waals surface area contributed by atoms with E-state index >= 15 is 0 Å². The first-order valence-corrected chi connectivity index (χ1v) is 10.8. The average Bonchev–Trinajstić information content (AvgIpc) is 3.07. The van der Waals surface area contributed by atoms with Crippen molar-refractivity contribution in [2.24, 2.45) is 11.3 Å². The molecule has 1 amide bonds. The molecular weight excluding hydrogens is 453 g/mol. The number of carbonyl (C=O) groups excluding carboxylic acids is 2. The molecule has 0 saturated carbocycles. The van der Waals surface area contributed by atoms with Crippen LogP contribution in [-0.2, 0) is 17.6 Å². The van der Waals surface area contributed by atoms with Gasteiger partial charge in [-0.15, -0.1) is 11.3 Å². The number of carbonyl (C=O) groups is 2. The molecule has 0 aliphatic heterocycles. The van der Waals surface area contributed by atoms with E-state index in [0.29, 0.717) is 24.3 Å². The molecule has 4 nitrogen and oxygen atoms in total. The molecule has 1 aromatic carbocycles. The molecule has 3 rings (SSSR count). The van der Waals surface area contributed by atoms with Crippen LogP contribution in [0.5, 0.6) is 0 Å². The Morgan fingerprint density at radius 1 is 1.00 bits per heavy atom. The highest BCUT2D eigenvalue weighted by Crippen LogP contribution is 2.44. The number of rotatable bonds is 4. The summed E-state index contributed by atoms with van der Waals surface area (Å²) in [6.07, 6.45) is 1.93. The van der Waals surface area contributed by atoms with E-state index in [1.165, 1.54) is 0 Å². The van der Waals surface area contributed by atoms with E-state index in [1.54, 1.807) is 6.92 Å². The highest BCUT2D eigenvalue weighted by molar-refractivity contribution is 7.17. The maximum atomic E-state index is 14.1. The maximum absolute atomic E-state index is 14.1. The number of anilines is 1. The molecule has 0 spiro atoms. The lowest BCUT2D eigenvalue weighted by Gasteiger charge is -2.33. The molecule has 1 aliphatic carbocycles. The Bertz CT molecular complexity index is 1060. The van der Waals surface area contributed by atoms with Crippen LogP contribution in [0.3, 0.4) is 0 Å². The van der Waals surface area contributed by atoms with Crippen molar-refractivity contribution in [1.29, 1.82) is 0 Å². The van der Waals surface area contributed by atoms with E-state index in [4.69, 9.17) is 4.74 Å². The van der Waals surface area contributed by atoms with Crippen LogP contribution in [0.4, 0.5) is 27.0 Å². The molecule has 1 aromatic heterocycles. The van der Waals surface area contributed by atoms with Gasteiger partial charge in [-0.25, -0.2) is 26.7 Å². The molecule has 1 heterocycles. The van der Waals surface area contributed by atoms with Crippen molar-refractivity contribution in [3.05, 3.63) is 50.7 Å². The Balaban J connectivity index is 2.05. The predicted octanol–water partition coefficient (Wildman–Crippen LogP) is 6.02. The van der Waals surface area contributed by atoms with Gasteiger partial charge in [-0.1, -0.05) is 20.8 Å². The van der Waals surface area contributed by atoms with Crippen LogP contribution in [0.25, 0.3) is 0 Å². The first-order valence-electron chi connectivity index (χ1n) is 10.0. The zero-order valence-corrected chi connectivity index (χ0v) is 18.7. The summed E-state index contributed by atoms with van der Waals surface area (Å²) >= 11 is 1.04. The lowest BCUT2D eigenvalue weighted by atomic mass is 9.72. The minimum Gasteiger partial charge on any atom is -0.462 e. The Hall–Kier alpha value is -2.49. The number of fused-ring (bicyclic) bond motifs is 1. The van der Waals surface area contributed by atoms with Gasteiger partial charge in [0.25, 0.3) is 5.91 Å². The maximum Gasteiger partial charge on any atom is 0.341 e. The van der Waals surface area contributed by atoms with E-state index in [2.05, 4.69) is 26.1 Å². The van der Waals surface area contributed by atoms with Crippen molar-refractivity contribution < 1.29 is 36.3 Å². The first-order chi connectivity index (χ1) is 14.9. The minimum atomic E-state index is -2.36. The quantitative estimate of drug-likeness (QED) is 0.255. The predicted molar refractivity (Wildman–Crippen MR) is 109 cm³/mol. The second-order valence-electron chi connectivity index (χ2n) is 8.63. The van der Waals surface area contributed by atoms with Gasteiger partial charge < -0.3 is 10.1 Å². The Morgan fingerprint density at radius 3 is 2.09 bits per heavy atom. The zero-order chi connectivity index (χ0) is 24.0. The van der Waals surface area contributed by atoms with Gasteiger partial charge in [0.15, 0.2) is 23.3 Å². The first kappa shape index (κ1) is 24.2. The molecule has 0 bridgehead atoms. The number of hydrogen-bond acceptors (Lipinski definition) is 4. The molecule has 0 fully saturated rings. The fraction of sp³-hybridized carbons (Fsp3) is 0.455. The smallest absolute Gasteiger partial charge is 0.341 e. The average molecular weight is 475 g/mol. The van der Waals surface area contributed by atoms with Crippen LogP contribution in [0.15, 0.2) is 0 Å². The third-order valence-corrected chi connectivity index (χ3v) is 6.80. The lowest BCUT2D eigenvalue weighted by molar-refractivity contribution is 0.0526. The third kappa shape index (κ3) is 4.24. The molecule has 10 heteroatoms. The highest BCUT2D eigenvalue weighted by atomic mass is 32.1. The fourth-order valence-electron chi connectivity index (χ4n) is 3.80. The monoisotopic (exact) mass is 475 g/mol. The number of nitrogens with one attached hydrogen (secondary N) is 1. The number of benzene rings is 1. The van der Waals surface area contributed by atoms with Gasteiger partial charge in [0, 0.05) is 4.88 Å². The number of esters is 1. The summed E-state index contributed by atoms with van der Waals surface area (Å²) in [7, 11) is 0. The summed E-state index contributed by atoms with van der Waals surface area (Å²) in [5.74, 6) is -13.3. The number of ether oxygens (including phenoxy) is 1. The second-order valence-corrected chi connectivity index (χ2v) is 9.74. The van der Waals surface area contributed by atoms with E-state index in [9.17, 15) is 31.5 Å². The van der Waals surface area contributed by atoms with Crippen LogP contribution >= 0.6 is 11.3 Å². The van der Waals surface area contributed by atoms with Crippen LogP contribution in [-0.4, -0.2) is 18.5 Å². The van der Waals surface area contributed by atoms with Gasteiger partial charge in [-0.05, 0) is 43.1 Å². The summed E-state index contributed by atoms with van der Waals surface area (Å²) in [4.78, 5) is 26.0. The highest BCUT2D eigenvalue weighted by Gasteiger charge is 2.36. The fourth-order valence-corrected chi connectivity index (χ4v) is 5.11. The molecule has 1 unspecified atom stereocenters. The molecule has 2 aromatic rings. The van der Waals surface area contributed by atoms with Crippen molar-refractivity contribution in [2.45, 2.75) is 47.0 Å². The Labute approximate surface area is 185 Å². The Morgan fingerprint density at radius 2 is 1.56 bits per heavy atom. The molecule has 32 heavy (non-hydrogen) atoms. The van der Waals surface area contributed by atoms with E-state index < -0.39 is 46.5 Å². The molecule has 0 saturated heterocycles. The van der Waals surface area contributed by atoms with Crippen molar-refractivity contribution in [3.8, 4) is 0 Å². The minimum absolute atomic E-state index is 0.00932. The molecule has 1 aliphatic rings. The van der Waals surface area contributed by atoms with Crippen LogP contribution < -0.4 is 5.32 Å². The summed E-state index contributed by atoms with van der Waals surface area (Å²) in [6.45, 7) is 7.93. The van der Waals surface area contributed by atoms with Gasteiger partial charge in [0.1, 0.15) is 10.6 Å². The molecule has 174 valence electrons. The molecule has 1 atom stereocenters. The molecular formula is C22H22F5NO3S. The van der Waals surface area contributed by atoms with Crippen molar-refractivity contribution >= 4 is 28.2 Å². The summed E-state index contributed by atoms with van der Waals surface area (Å²) < 4.78 is 73.6. The van der Waals surface area contributed by atoms with E-state index in [1.807, 2.05) is 0 Å². The Kier molecular flexibility index (Phi) is 6.65. The number of thiophene rings is 1. The number of amides is 1. The van der Waals surface area contributed by atoms with Gasteiger partial charge >= 0.3 is 5.97 Å². The topological polar surface area (TPSA) is 55.4 Å². The standard InChI is InChI=1S/C22H22F5NO3S/c1-5-31-21(30)12-10-7-6-9(22(2,3)4)8-11(10)32-20(12)28-19(29)13-14(23)16(25)18(27)17(26)15(13)24/h9H,5-8H2,1-4H3,(H,28,29). The van der Waals surface area contributed by atoms with E-state index in [0.717, 1.165) is 22.6 Å². The zero-order valence-electron chi connectivity index (χ0n) is 17.9. The van der Waals surface area contributed by atoms with Crippen LogP contribution in [0.1, 0.15) is 65.3 Å².